The Hall–Kier alpha value is -1.22. The van der Waals surface area contributed by atoms with Gasteiger partial charge in [-0.15, -0.1) is 11.6 Å². The summed E-state index contributed by atoms with van der Waals surface area (Å²) >= 11 is 5.55. The minimum Gasteiger partial charge on any atom is -0.491 e. The van der Waals surface area contributed by atoms with Gasteiger partial charge in [0.15, 0.2) is 0 Å². The van der Waals surface area contributed by atoms with Gasteiger partial charge >= 0.3 is 0 Å². The molecule has 1 amide bonds. The van der Waals surface area contributed by atoms with E-state index in [0.29, 0.717) is 18.7 Å². The fourth-order valence-electron chi connectivity index (χ4n) is 1.41. The predicted octanol–water partition coefficient (Wildman–Crippen LogP) is 3.82. The second kappa shape index (κ2) is 7.98. The molecule has 0 aromatic heterocycles. The highest BCUT2D eigenvalue weighted by atomic mass is 35.5. The van der Waals surface area contributed by atoms with Crippen molar-refractivity contribution < 1.29 is 9.53 Å². The highest BCUT2D eigenvalue weighted by Crippen LogP contribution is 2.19. The predicted molar refractivity (Wildman–Crippen MR) is 75.4 cm³/mol. The van der Waals surface area contributed by atoms with Gasteiger partial charge in [-0.3, -0.25) is 4.79 Å². The molecule has 1 rings (SSSR count). The minimum atomic E-state index is -0.0173. The molecular formula is C14H20ClNO2. The number of carbonyl (C=O) groups is 1. The van der Waals surface area contributed by atoms with E-state index in [-0.39, 0.29) is 12.0 Å². The first-order valence-corrected chi connectivity index (χ1v) is 6.81. The Morgan fingerprint density at radius 3 is 2.94 bits per heavy atom. The summed E-state index contributed by atoms with van der Waals surface area (Å²) < 4.78 is 5.69. The average Bonchev–Trinajstić information content (AvgIpc) is 2.36. The number of alkyl halides is 1. The average molecular weight is 270 g/mol. The van der Waals surface area contributed by atoms with E-state index in [1.54, 1.807) is 0 Å². The zero-order chi connectivity index (χ0) is 13.4. The van der Waals surface area contributed by atoms with Crippen molar-refractivity contribution in [3.63, 3.8) is 0 Å². The molecule has 0 saturated carbocycles. The van der Waals surface area contributed by atoms with Gasteiger partial charge in [-0.05, 0) is 31.9 Å². The molecule has 0 bridgehead atoms. The lowest BCUT2D eigenvalue weighted by molar-refractivity contribution is -0.116. The fourth-order valence-corrected chi connectivity index (χ4v) is 1.55. The third kappa shape index (κ3) is 5.41. The zero-order valence-electron chi connectivity index (χ0n) is 10.9. The third-order valence-electron chi connectivity index (χ3n) is 2.57. The molecule has 1 atom stereocenters. The standard InChI is InChI=1S/C14H20ClNO2/c1-3-11(2)18-13-7-4-6-12(10-13)16-14(17)8-5-9-15/h4,6-7,10-11H,3,5,8-9H2,1-2H3,(H,16,17). The first kappa shape index (κ1) is 14.8. The van der Waals surface area contributed by atoms with Crippen LogP contribution in [0.2, 0.25) is 0 Å². The molecule has 0 fully saturated rings. The summed E-state index contributed by atoms with van der Waals surface area (Å²) in [6.07, 6.45) is 2.26. The fraction of sp³-hybridized carbons (Fsp3) is 0.500. The topological polar surface area (TPSA) is 38.3 Å². The monoisotopic (exact) mass is 269 g/mol. The third-order valence-corrected chi connectivity index (χ3v) is 2.83. The molecule has 0 aliphatic heterocycles. The molecule has 0 radical (unpaired) electrons. The maximum Gasteiger partial charge on any atom is 0.224 e. The maximum absolute atomic E-state index is 11.6. The number of carbonyl (C=O) groups excluding carboxylic acids is 1. The van der Waals surface area contributed by atoms with Crippen LogP contribution in [0.1, 0.15) is 33.1 Å². The Labute approximate surface area is 113 Å². The van der Waals surface area contributed by atoms with Gasteiger partial charge in [-0.25, -0.2) is 0 Å². The second-order valence-corrected chi connectivity index (χ2v) is 4.58. The highest BCUT2D eigenvalue weighted by molar-refractivity contribution is 6.18. The molecule has 0 aliphatic rings. The molecule has 100 valence electrons. The second-order valence-electron chi connectivity index (χ2n) is 4.21. The number of hydrogen-bond acceptors (Lipinski definition) is 2. The van der Waals surface area contributed by atoms with Crippen LogP contribution >= 0.6 is 11.6 Å². The van der Waals surface area contributed by atoms with Gasteiger partial charge in [0.2, 0.25) is 5.91 Å². The molecule has 0 saturated heterocycles. The molecule has 1 N–H and O–H groups in total. The Bertz CT molecular complexity index is 382. The normalized spacial score (nSPS) is 11.9. The van der Waals surface area contributed by atoms with Crippen molar-refractivity contribution in [3.05, 3.63) is 24.3 Å². The maximum atomic E-state index is 11.6. The van der Waals surface area contributed by atoms with Crippen LogP contribution in [0.25, 0.3) is 0 Å². The van der Waals surface area contributed by atoms with Crippen molar-refractivity contribution >= 4 is 23.2 Å². The van der Waals surface area contributed by atoms with Crippen LogP contribution < -0.4 is 10.1 Å². The Kier molecular flexibility index (Phi) is 6.58. The summed E-state index contributed by atoms with van der Waals surface area (Å²) in [6.45, 7) is 4.09. The molecule has 0 aliphatic carbocycles. The summed E-state index contributed by atoms with van der Waals surface area (Å²) in [5, 5.41) is 2.83. The minimum absolute atomic E-state index is 0.0173. The summed E-state index contributed by atoms with van der Waals surface area (Å²) in [5.74, 6) is 1.26. The number of benzene rings is 1. The quantitative estimate of drug-likeness (QED) is 0.764. The Morgan fingerprint density at radius 2 is 2.28 bits per heavy atom. The summed E-state index contributed by atoms with van der Waals surface area (Å²) in [4.78, 5) is 11.6. The lowest BCUT2D eigenvalue weighted by atomic mass is 10.2. The summed E-state index contributed by atoms with van der Waals surface area (Å²) in [6, 6.07) is 7.45. The molecular weight excluding hydrogens is 250 g/mol. The summed E-state index contributed by atoms with van der Waals surface area (Å²) in [5.41, 5.74) is 0.760. The first-order valence-electron chi connectivity index (χ1n) is 6.28. The van der Waals surface area contributed by atoms with E-state index in [4.69, 9.17) is 16.3 Å². The van der Waals surface area contributed by atoms with Gasteiger partial charge in [0.1, 0.15) is 5.75 Å². The number of rotatable bonds is 7. The molecule has 0 spiro atoms. The van der Waals surface area contributed by atoms with Crippen LogP contribution in [0.5, 0.6) is 5.75 Å². The van der Waals surface area contributed by atoms with Gasteiger partial charge in [-0.2, -0.15) is 0 Å². The number of nitrogens with one attached hydrogen (secondary N) is 1. The summed E-state index contributed by atoms with van der Waals surface area (Å²) in [7, 11) is 0. The number of halogens is 1. The Balaban J connectivity index is 2.56. The van der Waals surface area contributed by atoms with E-state index in [1.165, 1.54) is 0 Å². The van der Waals surface area contributed by atoms with Gasteiger partial charge in [0.25, 0.3) is 0 Å². The smallest absolute Gasteiger partial charge is 0.224 e. The molecule has 0 heterocycles. The van der Waals surface area contributed by atoms with Crippen molar-refractivity contribution in [2.75, 3.05) is 11.2 Å². The van der Waals surface area contributed by atoms with Gasteiger partial charge in [-0.1, -0.05) is 13.0 Å². The van der Waals surface area contributed by atoms with E-state index < -0.39 is 0 Å². The molecule has 18 heavy (non-hydrogen) atoms. The van der Waals surface area contributed by atoms with Crippen LogP contribution in [0.4, 0.5) is 5.69 Å². The van der Waals surface area contributed by atoms with Crippen molar-refractivity contribution in [1.82, 2.24) is 0 Å². The van der Waals surface area contributed by atoms with E-state index in [2.05, 4.69) is 12.2 Å². The van der Waals surface area contributed by atoms with E-state index in [0.717, 1.165) is 17.9 Å². The van der Waals surface area contributed by atoms with Crippen LogP contribution in [0.15, 0.2) is 24.3 Å². The molecule has 3 nitrogen and oxygen atoms in total. The van der Waals surface area contributed by atoms with Crippen LogP contribution in [0.3, 0.4) is 0 Å². The molecule has 4 heteroatoms. The van der Waals surface area contributed by atoms with Crippen molar-refractivity contribution in [1.29, 1.82) is 0 Å². The molecule has 1 aromatic carbocycles. The van der Waals surface area contributed by atoms with Crippen LogP contribution in [-0.2, 0) is 4.79 Å². The number of anilines is 1. The Morgan fingerprint density at radius 1 is 1.50 bits per heavy atom. The van der Waals surface area contributed by atoms with Crippen molar-refractivity contribution in [2.45, 2.75) is 39.2 Å². The van der Waals surface area contributed by atoms with E-state index in [1.807, 2.05) is 31.2 Å². The van der Waals surface area contributed by atoms with Crippen LogP contribution in [-0.4, -0.2) is 17.9 Å². The van der Waals surface area contributed by atoms with Gasteiger partial charge < -0.3 is 10.1 Å². The lowest BCUT2D eigenvalue weighted by Crippen LogP contribution is -2.12. The molecule has 1 aromatic rings. The number of hydrogen-bond donors (Lipinski definition) is 1. The number of amides is 1. The van der Waals surface area contributed by atoms with Crippen molar-refractivity contribution in [2.24, 2.45) is 0 Å². The van der Waals surface area contributed by atoms with E-state index in [9.17, 15) is 4.79 Å². The van der Waals surface area contributed by atoms with E-state index >= 15 is 0 Å². The zero-order valence-corrected chi connectivity index (χ0v) is 11.7. The highest BCUT2D eigenvalue weighted by Gasteiger charge is 2.04. The first-order chi connectivity index (χ1) is 8.65. The SMILES string of the molecule is CCC(C)Oc1cccc(NC(=O)CCCCl)c1. The van der Waals surface area contributed by atoms with Crippen molar-refractivity contribution in [3.8, 4) is 5.75 Å². The van der Waals surface area contributed by atoms with Crippen LogP contribution in [0, 0.1) is 0 Å². The number of ether oxygens (including phenoxy) is 1. The van der Waals surface area contributed by atoms with Gasteiger partial charge in [0, 0.05) is 24.1 Å². The molecule has 1 unspecified atom stereocenters. The lowest BCUT2D eigenvalue weighted by Gasteiger charge is -2.13. The largest absolute Gasteiger partial charge is 0.491 e. The van der Waals surface area contributed by atoms with Gasteiger partial charge in [0.05, 0.1) is 6.10 Å².